The van der Waals surface area contributed by atoms with Crippen molar-refractivity contribution in [2.24, 2.45) is 5.73 Å². The first kappa shape index (κ1) is 8.01. The van der Waals surface area contributed by atoms with Gasteiger partial charge in [0, 0.05) is 18.7 Å². The Labute approximate surface area is 71.4 Å². The number of nitrogens with one attached hydrogen (secondary N) is 1. The number of carbonyl (C=O) groups excluding carboxylic acids is 1. The van der Waals surface area contributed by atoms with Gasteiger partial charge in [0.25, 0.3) is 0 Å². The number of hydrogen-bond donors (Lipinski definition) is 2. The minimum atomic E-state index is -0.210. The van der Waals surface area contributed by atoms with Gasteiger partial charge >= 0.3 is 0 Å². The fraction of sp³-hybridized carbons (Fsp3) is 0.875. The smallest absolute Gasteiger partial charge is 0.249 e. The van der Waals surface area contributed by atoms with Gasteiger partial charge < -0.3 is 15.8 Å². The van der Waals surface area contributed by atoms with E-state index >= 15 is 0 Å². The lowest BCUT2D eigenvalue weighted by molar-refractivity contribution is -0.130. The van der Waals surface area contributed by atoms with Crippen LogP contribution in [0, 0.1) is 0 Å². The molecule has 1 aliphatic carbocycles. The fourth-order valence-electron chi connectivity index (χ4n) is 1.44. The maximum absolute atomic E-state index is 11.3. The fourth-order valence-corrected chi connectivity index (χ4v) is 1.44. The largest absolute Gasteiger partial charge is 0.368 e. The molecule has 1 amide bonds. The monoisotopic (exact) mass is 170 g/mol. The molecule has 0 radical (unpaired) electrons. The van der Waals surface area contributed by atoms with Crippen LogP contribution in [0.5, 0.6) is 0 Å². The molecule has 1 saturated carbocycles. The number of rotatable bonds is 2. The highest BCUT2D eigenvalue weighted by Crippen LogP contribution is 2.19. The summed E-state index contributed by atoms with van der Waals surface area (Å²) in [6.07, 6.45) is 2.55. The van der Waals surface area contributed by atoms with Gasteiger partial charge in [-0.2, -0.15) is 0 Å². The average Bonchev–Trinajstić information content (AvgIpc) is 2.58. The number of ether oxygens (including phenoxy) is 1. The molecule has 0 bridgehead atoms. The van der Waals surface area contributed by atoms with Crippen LogP contribution in [0.25, 0.3) is 0 Å². The van der Waals surface area contributed by atoms with Gasteiger partial charge in [-0.15, -0.1) is 0 Å². The van der Waals surface area contributed by atoms with Gasteiger partial charge in [-0.25, -0.2) is 0 Å². The third kappa shape index (κ3) is 1.59. The summed E-state index contributed by atoms with van der Waals surface area (Å²) in [6, 6.07) is 0.386. The summed E-state index contributed by atoms with van der Waals surface area (Å²) in [6.45, 7) is 0.717. The zero-order chi connectivity index (χ0) is 8.55. The van der Waals surface area contributed by atoms with Gasteiger partial charge in [-0.3, -0.25) is 4.79 Å². The van der Waals surface area contributed by atoms with E-state index in [-0.39, 0.29) is 24.1 Å². The molecule has 2 rings (SSSR count). The van der Waals surface area contributed by atoms with Crippen molar-refractivity contribution >= 4 is 5.91 Å². The number of nitrogens with two attached hydrogens (primary N) is 1. The molecule has 3 N–H and O–H groups in total. The Morgan fingerprint density at radius 1 is 1.58 bits per heavy atom. The van der Waals surface area contributed by atoms with Crippen molar-refractivity contribution in [3.05, 3.63) is 0 Å². The van der Waals surface area contributed by atoms with E-state index in [0.29, 0.717) is 0 Å². The molecule has 0 aromatic rings. The molecule has 1 aliphatic heterocycles. The average molecular weight is 170 g/mol. The highest BCUT2D eigenvalue weighted by atomic mass is 16.5. The van der Waals surface area contributed by atoms with Crippen molar-refractivity contribution < 1.29 is 9.53 Å². The highest BCUT2D eigenvalue weighted by molar-refractivity contribution is 5.81. The third-order valence-electron chi connectivity index (χ3n) is 2.39. The minimum Gasteiger partial charge on any atom is -0.368 e. The normalized spacial score (nSPS) is 39.6. The summed E-state index contributed by atoms with van der Waals surface area (Å²) < 4.78 is 5.23. The molecule has 2 aliphatic rings. The van der Waals surface area contributed by atoms with Gasteiger partial charge in [0.2, 0.25) is 5.91 Å². The van der Waals surface area contributed by atoms with E-state index in [1.165, 1.54) is 0 Å². The SMILES string of the molecule is NC1CC1NC(=O)C1CCCO1. The minimum absolute atomic E-state index is 0.0189. The van der Waals surface area contributed by atoms with Crippen molar-refractivity contribution in [1.82, 2.24) is 5.32 Å². The lowest BCUT2D eigenvalue weighted by atomic mass is 10.2. The first-order valence-corrected chi connectivity index (χ1v) is 4.45. The second-order valence-corrected chi connectivity index (χ2v) is 3.52. The Morgan fingerprint density at radius 3 is 2.83 bits per heavy atom. The van der Waals surface area contributed by atoms with Gasteiger partial charge in [0.05, 0.1) is 0 Å². The molecule has 0 spiro atoms. The van der Waals surface area contributed by atoms with Gasteiger partial charge in [-0.05, 0) is 19.3 Å². The summed E-state index contributed by atoms with van der Waals surface area (Å²) in [7, 11) is 0. The van der Waals surface area contributed by atoms with Crippen LogP contribution in [0.3, 0.4) is 0 Å². The van der Waals surface area contributed by atoms with Crippen LogP contribution in [0.2, 0.25) is 0 Å². The zero-order valence-electron chi connectivity index (χ0n) is 6.95. The summed E-state index contributed by atoms with van der Waals surface area (Å²) in [5.41, 5.74) is 5.56. The van der Waals surface area contributed by atoms with E-state index < -0.39 is 0 Å². The Bertz CT molecular complexity index is 189. The second kappa shape index (κ2) is 3.03. The molecule has 1 heterocycles. The Hall–Kier alpha value is -0.610. The maximum Gasteiger partial charge on any atom is 0.249 e. The van der Waals surface area contributed by atoms with Crippen LogP contribution in [0.1, 0.15) is 19.3 Å². The Kier molecular flexibility index (Phi) is 2.02. The number of carbonyl (C=O) groups is 1. The number of amides is 1. The van der Waals surface area contributed by atoms with Crippen LogP contribution < -0.4 is 11.1 Å². The molecule has 3 unspecified atom stereocenters. The van der Waals surface area contributed by atoms with Gasteiger partial charge in [0.15, 0.2) is 0 Å². The van der Waals surface area contributed by atoms with Crippen LogP contribution in [0.4, 0.5) is 0 Å². The molecule has 4 heteroatoms. The molecule has 0 aromatic heterocycles. The molecule has 68 valence electrons. The van der Waals surface area contributed by atoms with Crippen LogP contribution >= 0.6 is 0 Å². The molecule has 1 saturated heterocycles. The summed E-state index contributed by atoms with van der Waals surface area (Å²) >= 11 is 0. The highest BCUT2D eigenvalue weighted by Gasteiger charge is 2.36. The maximum atomic E-state index is 11.3. The zero-order valence-corrected chi connectivity index (χ0v) is 6.95. The lowest BCUT2D eigenvalue weighted by Crippen LogP contribution is -2.37. The molecule has 3 atom stereocenters. The topological polar surface area (TPSA) is 64.3 Å². The first-order valence-electron chi connectivity index (χ1n) is 4.45. The van der Waals surface area contributed by atoms with E-state index in [9.17, 15) is 4.79 Å². The molecule has 0 aromatic carbocycles. The second-order valence-electron chi connectivity index (χ2n) is 3.52. The van der Waals surface area contributed by atoms with Crippen molar-refractivity contribution in [2.75, 3.05) is 6.61 Å². The van der Waals surface area contributed by atoms with Crippen molar-refractivity contribution in [2.45, 2.75) is 37.5 Å². The van der Waals surface area contributed by atoms with Gasteiger partial charge in [0.1, 0.15) is 6.10 Å². The van der Waals surface area contributed by atoms with E-state index in [4.69, 9.17) is 10.5 Å². The van der Waals surface area contributed by atoms with E-state index in [2.05, 4.69) is 5.32 Å². The van der Waals surface area contributed by atoms with E-state index in [1.54, 1.807) is 0 Å². The predicted molar refractivity (Wildman–Crippen MR) is 43.5 cm³/mol. The van der Waals surface area contributed by atoms with E-state index in [0.717, 1.165) is 25.9 Å². The van der Waals surface area contributed by atoms with Crippen LogP contribution in [-0.4, -0.2) is 30.7 Å². The van der Waals surface area contributed by atoms with Gasteiger partial charge in [-0.1, -0.05) is 0 Å². The summed E-state index contributed by atoms with van der Waals surface area (Å²) in [5.74, 6) is 0.0189. The molecular formula is C8H14N2O2. The van der Waals surface area contributed by atoms with Crippen molar-refractivity contribution in [1.29, 1.82) is 0 Å². The van der Waals surface area contributed by atoms with Crippen molar-refractivity contribution in [3.8, 4) is 0 Å². The predicted octanol–water partition coefficient (Wildman–Crippen LogP) is -0.619. The number of hydrogen-bond acceptors (Lipinski definition) is 3. The molecule has 12 heavy (non-hydrogen) atoms. The standard InChI is InChI=1S/C8H14N2O2/c9-5-4-6(5)10-8(11)7-2-1-3-12-7/h5-7H,1-4,9H2,(H,10,11). The quantitative estimate of drug-likeness (QED) is 0.580. The lowest BCUT2D eigenvalue weighted by Gasteiger charge is -2.09. The summed E-state index contributed by atoms with van der Waals surface area (Å²) in [5, 5.41) is 2.86. The Balaban J connectivity index is 1.76. The molecule has 4 nitrogen and oxygen atoms in total. The molecule has 2 fully saturated rings. The third-order valence-corrected chi connectivity index (χ3v) is 2.39. The van der Waals surface area contributed by atoms with Crippen molar-refractivity contribution in [3.63, 3.8) is 0 Å². The Morgan fingerprint density at radius 2 is 2.33 bits per heavy atom. The van der Waals surface area contributed by atoms with Crippen LogP contribution in [0.15, 0.2) is 0 Å². The summed E-state index contributed by atoms with van der Waals surface area (Å²) in [4.78, 5) is 11.3. The molecular weight excluding hydrogens is 156 g/mol. The first-order chi connectivity index (χ1) is 5.77. The van der Waals surface area contributed by atoms with Crippen LogP contribution in [-0.2, 0) is 9.53 Å². The van der Waals surface area contributed by atoms with E-state index in [1.807, 2.05) is 0 Å².